The third-order valence-electron chi connectivity index (χ3n) is 3.51. The molecule has 2 heterocycles. The molecule has 5 nitrogen and oxygen atoms in total. The third kappa shape index (κ3) is 5.25. The fourth-order valence-corrected chi connectivity index (χ4v) is 3.85. The summed E-state index contributed by atoms with van der Waals surface area (Å²) in [5.74, 6) is 0.487. The molecule has 21 heavy (non-hydrogen) atoms. The van der Waals surface area contributed by atoms with E-state index in [2.05, 4.69) is 29.0 Å². The topological polar surface area (TPSA) is 54.5 Å². The average Bonchev–Trinajstić information content (AvgIpc) is 2.90. The van der Waals surface area contributed by atoms with Gasteiger partial charge in [0.25, 0.3) is 0 Å². The predicted octanol–water partition coefficient (Wildman–Crippen LogP) is 1.77. The molecule has 0 aliphatic carbocycles. The van der Waals surface area contributed by atoms with Crippen molar-refractivity contribution < 1.29 is 9.53 Å². The van der Waals surface area contributed by atoms with Crippen LogP contribution < -0.4 is 5.32 Å². The summed E-state index contributed by atoms with van der Waals surface area (Å²) < 4.78 is 6.33. The molecule has 1 aliphatic heterocycles. The number of rotatable bonds is 6. The molecule has 1 aliphatic rings. The lowest BCUT2D eigenvalue weighted by Crippen LogP contribution is -2.55. The van der Waals surface area contributed by atoms with Crippen LogP contribution in [-0.4, -0.2) is 59.9 Å². The molecule has 0 spiro atoms. The summed E-state index contributed by atoms with van der Waals surface area (Å²) >= 11 is 3.08. The number of amides is 1. The lowest BCUT2D eigenvalue weighted by Gasteiger charge is -2.40. The molecular formula is C14H23N3O2S2. The summed E-state index contributed by atoms with van der Waals surface area (Å²) in [6.45, 7) is 10.3. The van der Waals surface area contributed by atoms with Gasteiger partial charge < -0.3 is 10.1 Å². The van der Waals surface area contributed by atoms with Crippen LogP contribution in [-0.2, 0) is 9.53 Å². The molecule has 1 amide bonds. The van der Waals surface area contributed by atoms with Crippen LogP contribution in [0.2, 0.25) is 0 Å². The molecule has 1 aromatic rings. The first-order chi connectivity index (χ1) is 9.97. The Morgan fingerprint density at radius 1 is 1.52 bits per heavy atom. The number of hydrogen-bond acceptors (Lipinski definition) is 6. The van der Waals surface area contributed by atoms with Crippen molar-refractivity contribution in [3.63, 3.8) is 0 Å². The maximum atomic E-state index is 12.0. The summed E-state index contributed by atoms with van der Waals surface area (Å²) in [5, 5.41) is 5.03. The van der Waals surface area contributed by atoms with Crippen LogP contribution in [0.1, 0.15) is 19.5 Å². The maximum Gasteiger partial charge on any atom is 0.230 e. The van der Waals surface area contributed by atoms with E-state index in [1.54, 1.807) is 11.3 Å². The molecule has 118 valence electrons. The van der Waals surface area contributed by atoms with E-state index in [1.807, 2.05) is 12.3 Å². The smallest absolute Gasteiger partial charge is 0.230 e. The molecule has 0 saturated carbocycles. The minimum Gasteiger partial charge on any atom is -0.379 e. The Hall–Kier alpha value is -0.630. The van der Waals surface area contributed by atoms with Crippen LogP contribution in [0.25, 0.3) is 0 Å². The molecule has 2 rings (SSSR count). The first-order valence-electron chi connectivity index (χ1n) is 7.12. The van der Waals surface area contributed by atoms with Gasteiger partial charge in [-0.25, -0.2) is 4.98 Å². The van der Waals surface area contributed by atoms with Gasteiger partial charge in [0, 0.05) is 36.2 Å². The summed E-state index contributed by atoms with van der Waals surface area (Å²) in [4.78, 5) is 18.7. The molecule has 0 atom stereocenters. The Morgan fingerprint density at radius 2 is 2.24 bits per heavy atom. The van der Waals surface area contributed by atoms with Gasteiger partial charge in [-0.05, 0) is 20.8 Å². The van der Waals surface area contributed by atoms with Crippen LogP contribution in [0.4, 0.5) is 0 Å². The lowest BCUT2D eigenvalue weighted by atomic mass is 10.0. The van der Waals surface area contributed by atoms with E-state index in [-0.39, 0.29) is 11.4 Å². The highest BCUT2D eigenvalue weighted by Crippen LogP contribution is 2.22. The van der Waals surface area contributed by atoms with E-state index in [1.165, 1.54) is 11.8 Å². The Morgan fingerprint density at radius 3 is 2.86 bits per heavy atom. The van der Waals surface area contributed by atoms with E-state index in [4.69, 9.17) is 4.74 Å². The number of aryl methyl sites for hydroxylation is 1. The molecule has 0 aromatic carbocycles. The van der Waals surface area contributed by atoms with Crippen LogP contribution in [0.15, 0.2) is 9.72 Å². The second-order valence-corrected chi connectivity index (χ2v) is 7.81. The van der Waals surface area contributed by atoms with Crippen molar-refractivity contribution in [3.05, 3.63) is 11.1 Å². The Bertz CT molecular complexity index is 471. The Kier molecular flexibility index (Phi) is 6.04. The number of nitrogens with zero attached hydrogens (tertiary/aromatic N) is 2. The number of nitrogens with one attached hydrogen (secondary N) is 1. The number of carbonyl (C=O) groups excluding carboxylic acids is 1. The summed E-state index contributed by atoms with van der Waals surface area (Å²) in [6.07, 6.45) is 0. The number of morpholine rings is 1. The highest BCUT2D eigenvalue weighted by molar-refractivity contribution is 8.01. The van der Waals surface area contributed by atoms with Crippen molar-refractivity contribution in [2.45, 2.75) is 30.6 Å². The van der Waals surface area contributed by atoms with Gasteiger partial charge in [0.15, 0.2) is 4.34 Å². The van der Waals surface area contributed by atoms with Crippen molar-refractivity contribution in [2.24, 2.45) is 0 Å². The molecular weight excluding hydrogens is 306 g/mol. The first-order valence-corrected chi connectivity index (χ1v) is 8.98. The van der Waals surface area contributed by atoms with E-state index < -0.39 is 0 Å². The number of ether oxygens (including phenoxy) is 1. The fraction of sp³-hybridized carbons (Fsp3) is 0.714. The van der Waals surface area contributed by atoms with Gasteiger partial charge in [-0.1, -0.05) is 11.8 Å². The van der Waals surface area contributed by atoms with Gasteiger partial charge in [-0.3, -0.25) is 9.69 Å². The van der Waals surface area contributed by atoms with Crippen LogP contribution >= 0.6 is 23.1 Å². The van der Waals surface area contributed by atoms with Crippen molar-refractivity contribution in [3.8, 4) is 0 Å². The minimum absolute atomic E-state index is 0.0398. The first kappa shape index (κ1) is 16.7. The van der Waals surface area contributed by atoms with E-state index in [9.17, 15) is 4.79 Å². The number of aromatic nitrogens is 1. The molecule has 1 N–H and O–H groups in total. The van der Waals surface area contributed by atoms with Gasteiger partial charge in [0.1, 0.15) is 0 Å². The number of thiazole rings is 1. The lowest BCUT2D eigenvalue weighted by molar-refractivity contribution is -0.119. The number of thioether (sulfide) groups is 1. The zero-order chi connectivity index (χ0) is 15.3. The fourth-order valence-electron chi connectivity index (χ4n) is 2.17. The molecule has 1 aromatic heterocycles. The largest absolute Gasteiger partial charge is 0.379 e. The highest BCUT2D eigenvalue weighted by atomic mass is 32.2. The van der Waals surface area contributed by atoms with E-state index in [0.717, 1.165) is 36.3 Å². The molecule has 0 bridgehead atoms. The van der Waals surface area contributed by atoms with Crippen LogP contribution in [0, 0.1) is 6.92 Å². The molecule has 0 radical (unpaired) electrons. The van der Waals surface area contributed by atoms with E-state index >= 15 is 0 Å². The standard InChI is InChI=1S/C14H23N3O2S2/c1-11-8-20-13(16-11)21-9-12(18)15-10-14(2,3)17-4-6-19-7-5-17/h8H,4-7,9-10H2,1-3H3,(H,15,18). The molecule has 0 unspecified atom stereocenters. The highest BCUT2D eigenvalue weighted by Gasteiger charge is 2.28. The normalized spacial score (nSPS) is 16.9. The van der Waals surface area contributed by atoms with Gasteiger partial charge in [-0.2, -0.15) is 0 Å². The van der Waals surface area contributed by atoms with Gasteiger partial charge >= 0.3 is 0 Å². The van der Waals surface area contributed by atoms with Gasteiger partial charge in [0.2, 0.25) is 5.91 Å². The second kappa shape index (κ2) is 7.58. The van der Waals surface area contributed by atoms with Crippen molar-refractivity contribution in [1.29, 1.82) is 0 Å². The summed E-state index contributed by atoms with van der Waals surface area (Å²) in [7, 11) is 0. The quantitative estimate of drug-likeness (QED) is 0.806. The van der Waals surface area contributed by atoms with Crippen LogP contribution in [0.3, 0.4) is 0 Å². The van der Waals surface area contributed by atoms with E-state index in [0.29, 0.717) is 12.3 Å². The average molecular weight is 329 g/mol. The molecule has 1 fully saturated rings. The van der Waals surface area contributed by atoms with Gasteiger partial charge in [0.05, 0.1) is 19.0 Å². The number of carbonyl (C=O) groups is 1. The Balaban J connectivity index is 1.72. The van der Waals surface area contributed by atoms with Crippen molar-refractivity contribution in [2.75, 3.05) is 38.6 Å². The zero-order valence-corrected chi connectivity index (χ0v) is 14.5. The van der Waals surface area contributed by atoms with Gasteiger partial charge in [-0.15, -0.1) is 11.3 Å². The van der Waals surface area contributed by atoms with Crippen LogP contribution in [0.5, 0.6) is 0 Å². The maximum absolute atomic E-state index is 12.0. The molecule has 7 heteroatoms. The Labute approximate surface area is 134 Å². The summed E-state index contributed by atoms with van der Waals surface area (Å²) in [5.41, 5.74) is 0.971. The third-order valence-corrected chi connectivity index (χ3v) is 5.65. The predicted molar refractivity (Wildman–Crippen MR) is 87.1 cm³/mol. The number of hydrogen-bond donors (Lipinski definition) is 1. The molecule has 1 saturated heterocycles. The van der Waals surface area contributed by atoms with Crippen molar-refractivity contribution in [1.82, 2.24) is 15.2 Å². The summed E-state index contributed by atoms with van der Waals surface area (Å²) in [6, 6.07) is 0. The zero-order valence-electron chi connectivity index (χ0n) is 12.8. The minimum atomic E-state index is -0.0398. The monoisotopic (exact) mass is 329 g/mol. The van der Waals surface area contributed by atoms with Crippen molar-refractivity contribution >= 4 is 29.0 Å². The second-order valence-electron chi connectivity index (χ2n) is 5.73. The SMILES string of the molecule is Cc1csc(SCC(=O)NCC(C)(C)N2CCOCC2)n1.